The number of aliphatic carboxylic acids is 1. The van der Waals surface area contributed by atoms with Gasteiger partial charge in [-0.1, -0.05) is 60.1 Å². The quantitative estimate of drug-likeness (QED) is 0.390. The first kappa shape index (κ1) is 20.7. The lowest BCUT2D eigenvalue weighted by atomic mass is 9.84. The van der Waals surface area contributed by atoms with E-state index in [1.165, 1.54) is 0 Å². The number of hydrogen-bond donors (Lipinski definition) is 3. The average Bonchev–Trinajstić information content (AvgIpc) is 3.17. The van der Waals surface area contributed by atoms with E-state index in [1.807, 2.05) is 30.3 Å². The highest BCUT2D eigenvalue weighted by Gasteiger charge is 2.41. The zero-order valence-electron chi connectivity index (χ0n) is 16.6. The highest BCUT2D eigenvalue weighted by molar-refractivity contribution is 6.30. The Morgan fingerprint density at radius 3 is 2.42 bits per heavy atom. The predicted molar refractivity (Wildman–Crippen MR) is 121 cm³/mol. The molecule has 4 rings (SSSR count). The molecule has 0 saturated heterocycles. The lowest BCUT2D eigenvalue weighted by molar-refractivity contribution is -0.144. The Labute approximate surface area is 184 Å². The van der Waals surface area contributed by atoms with E-state index in [4.69, 9.17) is 11.6 Å². The molecule has 31 heavy (non-hydrogen) atoms. The fourth-order valence-electron chi connectivity index (χ4n) is 3.83. The Hall–Kier alpha value is -3.57. The maximum absolute atomic E-state index is 13.0. The maximum Gasteiger partial charge on any atom is 0.330 e. The molecule has 0 aliphatic heterocycles. The number of rotatable bonds is 7. The van der Waals surface area contributed by atoms with Crippen LogP contribution >= 0.6 is 11.6 Å². The van der Waals surface area contributed by atoms with Crippen LogP contribution in [-0.4, -0.2) is 27.5 Å². The number of aromatic amines is 1. The number of carboxylic acid groups (broad SMARTS) is 1. The first-order chi connectivity index (χ1) is 15.0. The highest BCUT2D eigenvalue weighted by Crippen LogP contribution is 2.27. The third-order valence-electron chi connectivity index (χ3n) is 5.36. The number of para-hydroxylation sites is 1. The van der Waals surface area contributed by atoms with Gasteiger partial charge in [-0.15, -0.1) is 0 Å². The van der Waals surface area contributed by atoms with Crippen LogP contribution in [0, 0.1) is 0 Å². The Balaban J connectivity index is 1.77. The Kier molecular flexibility index (Phi) is 5.78. The third-order valence-corrected chi connectivity index (χ3v) is 5.60. The minimum absolute atomic E-state index is 0.0843. The van der Waals surface area contributed by atoms with Crippen LogP contribution in [-0.2, 0) is 17.6 Å². The van der Waals surface area contributed by atoms with Crippen molar-refractivity contribution in [1.29, 1.82) is 0 Å². The van der Waals surface area contributed by atoms with Crippen LogP contribution in [0.4, 0.5) is 0 Å². The van der Waals surface area contributed by atoms with Crippen LogP contribution in [0.2, 0.25) is 5.02 Å². The SMILES string of the molecule is O=C(NC(Cc1cccc(Cl)c1)(Cc1c[nH]c2ccccc12)C(=O)O)c1ccccc1. The molecular weight excluding hydrogens is 412 g/mol. The zero-order valence-corrected chi connectivity index (χ0v) is 17.4. The molecule has 0 radical (unpaired) electrons. The molecule has 1 atom stereocenters. The van der Waals surface area contributed by atoms with Gasteiger partial charge in [0.1, 0.15) is 5.54 Å². The zero-order chi connectivity index (χ0) is 21.8. The van der Waals surface area contributed by atoms with E-state index < -0.39 is 17.4 Å². The number of amides is 1. The summed E-state index contributed by atoms with van der Waals surface area (Å²) >= 11 is 6.14. The number of carbonyl (C=O) groups excluding carboxylic acids is 1. The molecule has 1 amide bonds. The van der Waals surface area contributed by atoms with E-state index in [0.717, 1.165) is 22.0 Å². The van der Waals surface area contributed by atoms with Gasteiger partial charge in [0.15, 0.2) is 0 Å². The van der Waals surface area contributed by atoms with Crippen LogP contribution in [0.25, 0.3) is 10.9 Å². The summed E-state index contributed by atoms with van der Waals surface area (Å²) < 4.78 is 0. The standard InChI is InChI=1S/C25H21ClN2O3/c26-20-10-6-7-17(13-20)14-25(24(30)31,28-23(29)18-8-2-1-3-9-18)15-19-16-27-22-12-5-4-11-21(19)22/h1-13,16,27H,14-15H2,(H,28,29)(H,30,31). The molecule has 5 nitrogen and oxygen atoms in total. The van der Waals surface area contributed by atoms with Gasteiger partial charge < -0.3 is 15.4 Å². The minimum Gasteiger partial charge on any atom is -0.479 e. The van der Waals surface area contributed by atoms with E-state index in [0.29, 0.717) is 10.6 Å². The molecule has 1 aromatic heterocycles. The van der Waals surface area contributed by atoms with Crippen LogP contribution in [0.1, 0.15) is 21.5 Å². The molecule has 3 aromatic carbocycles. The van der Waals surface area contributed by atoms with Gasteiger partial charge in [-0.2, -0.15) is 0 Å². The summed E-state index contributed by atoms with van der Waals surface area (Å²) in [6.45, 7) is 0. The van der Waals surface area contributed by atoms with Crippen molar-refractivity contribution in [2.24, 2.45) is 0 Å². The number of benzene rings is 3. The van der Waals surface area contributed by atoms with Crippen molar-refractivity contribution in [3.8, 4) is 0 Å². The Morgan fingerprint density at radius 2 is 1.68 bits per heavy atom. The molecule has 0 bridgehead atoms. The van der Waals surface area contributed by atoms with Crippen LogP contribution < -0.4 is 5.32 Å². The van der Waals surface area contributed by atoms with Crippen molar-refractivity contribution in [3.63, 3.8) is 0 Å². The molecule has 1 unspecified atom stereocenters. The third kappa shape index (κ3) is 4.47. The first-order valence-corrected chi connectivity index (χ1v) is 10.2. The topological polar surface area (TPSA) is 82.2 Å². The molecule has 0 aliphatic rings. The molecule has 156 valence electrons. The molecule has 0 fully saturated rings. The Morgan fingerprint density at radius 1 is 0.935 bits per heavy atom. The molecule has 4 aromatic rings. The number of hydrogen-bond acceptors (Lipinski definition) is 2. The van der Waals surface area contributed by atoms with Crippen molar-refractivity contribution < 1.29 is 14.7 Å². The van der Waals surface area contributed by atoms with Gasteiger partial charge in [-0.25, -0.2) is 4.79 Å². The summed E-state index contributed by atoms with van der Waals surface area (Å²) in [4.78, 5) is 28.9. The Bertz CT molecular complexity index is 1240. The van der Waals surface area contributed by atoms with E-state index in [1.54, 1.807) is 54.7 Å². The molecule has 6 heteroatoms. The number of fused-ring (bicyclic) bond motifs is 1. The van der Waals surface area contributed by atoms with Crippen molar-refractivity contribution in [3.05, 3.63) is 107 Å². The largest absolute Gasteiger partial charge is 0.479 e. The monoisotopic (exact) mass is 432 g/mol. The second-order valence-corrected chi connectivity index (χ2v) is 7.99. The summed E-state index contributed by atoms with van der Waals surface area (Å²) in [7, 11) is 0. The summed E-state index contributed by atoms with van der Waals surface area (Å²) in [5.41, 5.74) is 1.28. The second-order valence-electron chi connectivity index (χ2n) is 7.55. The highest BCUT2D eigenvalue weighted by atomic mass is 35.5. The van der Waals surface area contributed by atoms with Gasteiger partial charge in [-0.3, -0.25) is 4.79 Å². The molecule has 3 N–H and O–H groups in total. The number of carbonyl (C=O) groups is 2. The van der Waals surface area contributed by atoms with Gasteiger partial charge in [0.2, 0.25) is 0 Å². The lowest BCUT2D eigenvalue weighted by Gasteiger charge is -2.31. The summed E-state index contributed by atoms with van der Waals surface area (Å²) in [6, 6.07) is 23.3. The van der Waals surface area contributed by atoms with E-state index in [9.17, 15) is 14.7 Å². The smallest absolute Gasteiger partial charge is 0.330 e. The fourth-order valence-corrected chi connectivity index (χ4v) is 4.05. The number of H-pyrrole nitrogens is 1. The van der Waals surface area contributed by atoms with E-state index >= 15 is 0 Å². The summed E-state index contributed by atoms with van der Waals surface area (Å²) in [5, 5.41) is 14.6. The maximum atomic E-state index is 13.0. The van der Waals surface area contributed by atoms with Crippen molar-refractivity contribution in [1.82, 2.24) is 10.3 Å². The van der Waals surface area contributed by atoms with Crippen molar-refractivity contribution in [2.45, 2.75) is 18.4 Å². The summed E-state index contributed by atoms with van der Waals surface area (Å²) in [5.74, 6) is -1.55. The first-order valence-electron chi connectivity index (χ1n) is 9.87. The molecule has 1 heterocycles. The van der Waals surface area contributed by atoms with Gasteiger partial charge >= 0.3 is 5.97 Å². The van der Waals surface area contributed by atoms with E-state index in [-0.39, 0.29) is 12.8 Å². The average molecular weight is 433 g/mol. The number of carboxylic acids is 1. The summed E-state index contributed by atoms with van der Waals surface area (Å²) in [6.07, 6.45) is 1.99. The molecular formula is C25H21ClN2O3. The van der Waals surface area contributed by atoms with E-state index in [2.05, 4.69) is 10.3 Å². The minimum atomic E-state index is -1.57. The molecule has 0 aliphatic carbocycles. The fraction of sp³-hybridized carbons (Fsp3) is 0.120. The van der Waals surface area contributed by atoms with Gasteiger partial charge in [0.25, 0.3) is 5.91 Å². The van der Waals surface area contributed by atoms with Crippen LogP contribution in [0.3, 0.4) is 0 Å². The number of aromatic nitrogens is 1. The van der Waals surface area contributed by atoms with Gasteiger partial charge in [-0.05, 0) is 41.5 Å². The van der Waals surface area contributed by atoms with Crippen molar-refractivity contribution >= 4 is 34.4 Å². The lowest BCUT2D eigenvalue weighted by Crippen LogP contribution is -2.57. The number of nitrogens with one attached hydrogen (secondary N) is 2. The van der Waals surface area contributed by atoms with Gasteiger partial charge in [0.05, 0.1) is 0 Å². The normalized spacial score (nSPS) is 12.9. The van der Waals surface area contributed by atoms with Crippen molar-refractivity contribution in [2.75, 3.05) is 0 Å². The van der Waals surface area contributed by atoms with Crippen LogP contribution in [0.15, 0.2) is 85.1 Å². The predicted octanol–water partition coefficient (Wildman–Crippen LogP) is 4.86. The second kappa shape index (κ2) is 8.66. The molecule has 0 saturated carbocycles. The number of halogens is 1. The molecule has 0 spiro atoms. The van der Waals surface area contributed by atoms with Gasteiger partial charge in [0, 0.05) is 40.5 Å². The van der Waals surface area contributed by atoms with Crippen LogP contribution in [0.5, 0.6) is 0 Å².